The summed E-state index contributed by atoms with van der Waals surface area (Å²) in [5.74, 6) is 0.943. The van der Waals surface area contributed by atoms with Gasteiger partial charge in [0.1, 0.15) is 6.33 Å². The Labute approximate surface area is 201 Å². The molecule has 0 bridgehead atoms. The zero-order chi connectivity index (χ0) is 23.7. The number of aromatic nitrogens is 5. The Morgan fingerprint density at radius 3 is 2.62 bits per heavy atom. The molecule has 0 aromatic carbocycles. The van der Waals surface area contributed by atoms with Crippen LogP contribution in [0.1, 0.15) is 92.7 Å². The van der Waals surface area contributed by atoms with E-state index in [1.165, 1.54) is 25.7 Å². The summed E-state index contributed by atoms with van der Waals surface area (Å²) < 4.78 is 1.77. The minimum Gasteiger partial charge on any atom is -0.348 e. The van der Waals surface area contributed by atoms with Crippen LogP contribution in [0.25, 0.3) is 16.9 Å². The van der Waals surface area contributed by atoms with E-state index in [1.54, 1.807) is 10.8 Å². The molecule has 0 radical (unpaired) electrons. The van der Waals surface area contributed by atoms with Gasteiger partial charge in [-0.3, -0.25) is 9.89 Å². The van der Waals surface area contributed by atoms with Crippen molar-refractivity contribution in [1.82, 2.24) is 35.4 Å². The van der Waals surface area contributed by atoms with Crippen LogP contribution in [0.5, 0.6) is 0 Å². The first-order valence-electron chi connectivity index (χ1n) is 12.9. The topological polar surface area (TPSA) is 100 Å². The molecule has 2 aliphatic rings. The normalized spacial score (nSPS) is 21.5. The number of fused-ring (bicyclic) bond motifs is 1. The summed E-state index contributed by atoms with van der Waals surface area (Å²) in [5.41, 5.74) is 5.15. The molecule has 3 heterocycles. The van der Waals surface area contributed by atoms with Gasteiger partial charge in [-0.1, -0.05) is 26.7 Å². The van der Waals surface area contributed by atoms with Crippen molar-refractivity contribution in [2.45, 2.75) is 90.1 Å². The lowest BCUT2D eigenvalue weighted by molar-refractivity contribution is 0.0917. The van der Waals surface area contributed by atoms with Crippen molar-refractivity contribution in [3.05, 3.63) is 35.4 Å². The second kappa shape index (κ2) is 9.86. The Balaban J connectivity index is 1.25. The van der Waals surface area contributed by atoms with Crippen LogP contribution in [0.4, 0.5) is 0 Å². The van der Waals surface area contributed by atoms with Gasteiger partial charge in [-0.15, -0.1) is 0 Å². The van der Waals surface area contributed by atoms with E-state index in [0.29, 0.717) is 11.7 Å². The third-order valence-corrected chi connectivity index (χ3v) is 7.68. The van der Waals surface area contributed by atoms with Crippen molar-refractivity contribution in [3.8, 4) is 11.3 Å². The summed E-state index contributed by atoms with van der Waals surface area (Å²) >= 11 is 0. The largest absolute Gasteiger partial charge is 0.348 e. The number of carbonyl (C=O) groups is 1. The zero-order valence-electron chi connectivity index (χ0n) is 20.6. The second-order valence-corrected chi connectivity index (χ2v) is 10.5. The fourth-order valence-corrected chi connectivity index (χ4v) is 5.78. The van der Waals surface area contributed by atoms with Gasteiger partial charge in [0.05, 0.1) is 5.69 Å². The summed E-state index contributed by atoms with van der Waals surface area (Å²) in [6, 6.07) is 2.88. The first-order chi connectivity index (χ1) is 16.5. The summed E-state index contributed by atoms with van der Waals surface area (Å²) in [7, 11) is 0. The molecule has 0 spiro atoms. The van der Waals surface area contributed by atoms with Crippen LogP contribution < -0.4 is 10.6 Å². The van der Waals surface area contributed by atoms with Gasteiger partial charge in [-0.25, -0.2) is 9.50 Å². The molecule has 0 saturated heterocycles. The highest BCUT2D eigenvalue weighted by atomic mass is 16.2. The Bertz CT molecular complexity index is 1130. The van der Waals surface area contributed by atoms with E-state index in [9.17, 15) is 4.79 Å². The Hall–Kier alpha value is -2.74. The molecule has 0 atom stereocenters. The Kier molecular flexibility index (Phi) is 6.68. The van der Waals surface area contributed by atoms with Crippen LogP contribution in [-0.2, 0) is 0 Å². The monoisotopic (exact) mass is 463 g/mol. The third-order valence-electron chi connectivity index (χ3n) is 7.68. The molecule has 8 nitrogen and oxygen atoms in total. The third kappa shape index (κ3) is 4.73. The maximum Gasteiger partial charge on any atom is 0.272 e. The summed E-state index contributed by atoms with van der Waals surface area (Å²) in [6.07, 6.45) is 13.3. The first kappa shape index (κ1) is 23.0. The molecule has 0 aliphatic heterocycles. The highest BCUT2D eigenvalue weighted by Gasteiger charge is 2.28. The number of rotatable bonds is 7. The summed E-state index contributed by atoms with van der Waals surface area (Å²) in [4.78, 5) is 17.6. The fourth-order valence-electron chi connectivity index (χ4n) is 5.78. The predicted molar refractivity (Wildman–Crippen MR) is 133 cm³/mol. The number of pyridine rings is 1. The molecule has 8 heteroatoms. The maximum absolute atomic E-state index is 13.3. The molecule has 2 aliphatic carbocycles. The number of nitrogens with zero attached hydrogens (tertiary/aromatic N) is 4. The first-order valence-corrected chi connectivity index (χ1v) is 12.9. The van der Waals surface area contributed by atoms with Crippen LogP contribution in [0.2, 0.25) is 0 Å². The molecule has 3 aromatic heterocycles. The van der Waals surface area contributed by atoms with Gasteiger partial charge in [-0.2, -0.15) is 10.2 Å². The minimum absolute atomic E-state index is 0.0767. The van der Waals surface area contributed by atoms with E-state index in [2.05, 4.69) is 50.8 Å². The molecule has 1 amide bonds. The molecule has 5 rings (SSSR count). The van der Waals surface area contributed by atoms with E-state index in [-0.39, 0.29) is 17.9 Å². The van der Waals surface area contributed by atoms with Crippen LogP contribution >= 0.6 is 0 Å². The number of carbonyl (C=O) groups excluding carboxylic acids is 1. The van der Waals surface area contributed by atoms with Gasteiger partial charge in [-0.05, 0) is 75.5 Å². The summed E-state index contributed by atoms with van der Waals surface area (Å²) in [5, 5.41) is 19.0. The number of H-pyrrole nitrogens is 1. The van der Waals surface area contributed by atoms with Gasteiger partial charge in [0.2, 0.25) is 0 Å². The number of aromatic amines is 1. The molecular weight excluding hydrogens is 426 g/mol. The minimum atomic E-state index is -0.0767. The van der Waals surface area contributed by atoms with Crippen LogP contribution in [0, 0.1) is 12.8 Å². The molecular formula is C26H37N7O. The molecule has 182 valence electrons. The highest BCUT2D eigenvalue weighted by molar-refractivity contribution is 5.96. The average molecular weight is 464 g/mol. The predicted octanol–water partition coefficient (Wildman–Crippen LogP) is 4.37. The molecule has 2 saturated carbocycles. The van der Waals surface area contributed by atoms with E-state index in [0.717, 1.165) is 66.2 Å². The zero-order valence-corrected chi connectivity index (χ0v) is 20.6. The molecule has 3 aromatic rings. The van der Waals surface area contributed by atoms with Crippen molar-refractivity contribution >= 4 is 11.6 Å². The van der Waals surface area contributed by atoms with Crippen molar-refractivity contribution in [3.63, 3.8) is 0 Å². The molecule has 2 fully saturated rings. The lowest BCUT2D eigenvalue weighted by Gasteiger charge is -2.30. The van der Waals surface area contributed by atoms with Gasteiger partial charge >= 0.3 is 0 Å². The molecule has 34 heavy (non-hydrogen) atoms. The van der Waals surface area contributed by atoms with Gasteiger partial charge in [0.25, 0.3) is 5.91 Å². The SMILES string of the molecule is Cc1cc(-c2[nH]nc(C(=O)N[C@H]3CC[C@@H](NCC4CCCC4)CC3)c2C(C)C)cn2ncnc12. The van der Waals surface area contributed by atoms with E-state index in [1.807, 2.05) is 13.1 Å². The molecule has 3 N–H and O–H groups in total. The number of hydrogen-bond acceptors (Lipinski definition) is 5. The Morgan fingerprint density at radius 1 is 1.15 bits per heavy atom. The van der Waals surface area contributed by atoms with Crippen molar-refractivity contribution in [1.29, 1.82) is 0 Å². The van der Waals surface area contributed by atoms with E-state index < -0.39 is 0 Å². The van der Waals surface area contributed by atoms with Gasteiger partial charge in [0.15, 0.2) is 11.3 Å². The van der Waals surface area contributed by atoms with Crippen molar-refractivity contribution in [2.75, 3.05) is 6.54 Å². The van der Waals surface area contributed by atoms with Crippen molar-refractivity contribution in [2.24, 2.45) is 5.92 Å². The lowest BCUT2D eigenvalue weighted by Crippen LogP contribution is -2.43. The average Bonchev–Trinajstić information content (AvgIpc) is 3.58. The maximum atomic E-state index is 13.3. The smallest absolute Gasteiger partial charge is 0.272 e. The van der Waals surface area contributed by atoms with Gasteiger partial charge < -0.3 is 10.6 Å². The number of hydrogen-bond donors (Lipinski definition) is 3. The van der Waals surface area contributed by atoms with Gasteiger partial charge in [0, 0.05) is 29.4 Å². The van der Waals surface area contributed by atoms with Crippen LogP contribution in [-0.4, -0.2) is 49.3 Å². The Morgan fingerprint density at radius 2 is 1.88 bits per heavy atom. The quantitative estimate of drug-likeness (QED) is 0.483. The molecule has 0 unspecified atom stereocenters. The lowest BCUT2D eigenvalue weighted by atomic mass is 9.90. The van der Waals surface area contributed by atoms with Crippen molar-refractivity contribution < 1.29 is 4.79 Å². The van der Waals surface area contributed by atoms with Crippen LogP contribution in [0.3, 0.4) is 0 Å². The summed E-state index contributed by atoms with van der Waals surface area (Å²) in [6.45, 7) is 7.39. The fraction of sp³-hybridized carbons (Fsp3) is 0.615. The van der Waals surface area contributed by atoms with E-state index in [4.69, 9.17) is 0 Å². The standard InChI is InChI=1S/C26H37N7O/c1-16(2)22-23(19-12-17(3)25-28-15-29-33(25)14-19)31-32-24(22)26(34)30-21-10-8-20(9-11-21)27-13-18-6-4-5-7-18/h12,14-16,18,20-21,27H,4-11,13H2,1-3H3,(H,30,34)(H,31,32)/t20-,21+. The highest BCUT2D eigenvalue weighted by Crippen LogP contribution is 2.31. The van der Waals surface area contributed by atoms with Crippen LogP contribution in [0.15, 0.2) is 18.6 Å². The second-order valence-electron chi connectivity index (χ2n) is 10.5. The number of nitrogens with one attached hydrogen (secondary N) is 3. The van der Waals surface area contributed by atoms with E-state index >= 15 is 0 Å². The number of amides is 1. The number of aryl methyl sites for hydroxylation is 1.